The number of carbonyl (C=O) groups excluding carboxylic acids is 3. The van der Waals surface area contributed by atoms with E-state index in [1.54, 1.807) is 79.4 Å². The van der Waals surface area contributed by atoms with Crippen LogP contribution in [-0.2, 0) is 28.6 Å². The molecule has 0 N–H and O–H groups in total. The van der Waals surface area contributed by atoms with Gasteiger partial charge in [-0.3, -0.25) is 0 Å². The highest BCUT2D eigenvalue weighted by Crippen LogP contribution is 2.49. The third-order valence-electron chi connectivity index (χ3n) is 17.7. The van der Waals surface area contributed by atoms with Crippen LogP contribution in [0.4, 0.5) is 0 Å². The molecule has 15 aromatic rings. The van der Waals surface area contributed by atoms with Gasteiger partial charge in [-0.25, -0.2) is 14.4 Å². The molecule has 0 fully saturated rings. The van der Waals surface area contributed by atoms with E-state index in [0.717, 1.165) is 110 Å². The largest absolute Gasteiger partial charge is 0.463 e. The summed E-state index contributed by atoms with van der Waals surface area (Å²) in [6, 6.07) is 22.1. The maximum absolute atomic E-state index is 11.1. The highest BCUT2D eigenvalue weighted by molar-refractivity contribution is 9.11. The third kappa shape index (κ3) is 24.0. The second kappa shape index (κ2) is 44.6. The van der Waals surface area contributed by atoms with Gasteiger partial charge in [-0.15, -0.1) is 183 Å². The number of unbranched alkanes of at least 4 members (excludes halogenated alkanes) is 21. The summed E-state index contributed by atoms with van der Waals surface area (Å²) in [6.07, 6.45) is 41.4. The molecule has 0 spiro atoms. The molecule has 0 radical (unpaired) electrons. The molecule has 114 heavy (non-hydrogen) atoms. The molecule has 0 saturated carbocycles. The van der Waals surface area contributed by atoms with Gasteiger partial charge in [0.1, 0.15) is 0 Å². The molecule has 0 saturated heterocycles. The van der Waals surface area contributed by atoms with Gasteiger partial charge in [-0.05, 0) is 139 Å². The van der Waals surface area contributed by atoms with Crippen molar-refractivity contribution in [2.24, 2.45) is 0 Å². The monoisotopic (exact) mass is 1840 g/mol. The van der Waals surface area contributed by atoms with E-state index in [1.165, 1.54) is 204 Å². The molecule has 22 heteroatoms. The minimum Gasteiger partial charge on any atom is -0.463 e. The average Bonchev–Trinajstić information content (AvgIpc) is 2.07. The van der Waals surface area contributed by atoms with E-state index in [2.05, 4.69) is 167 Å². The molecule has 0 aliphatic rings. The highest BCUT2D eigenvalue weighted by atomic mass is 79.9. The number of hydrogen-bond donors (Lipinski definition) is 0. The van der Waals surface area contributed by atoms with Crippen LogP contribution < -0.4 is 0 Å². The summed E-state index contributed by atoms with van der Waals surface area (Å²) in [5.41, 5.74) is 0. The highest BCUT2D eigenvalue weighted by Gasteiger charge is 2.18. The molecule has 15 rings (SSSR count). The van der Waals surface area contributed by atoms with Crippen molar-refractivity contribution in [3.8, 4) is 83.9 Å². The van der Waals surface area contributed by atoms with Crippen LogP contribution in [0.1, 0.15) is 213 Å². The zero-order valence-corrected chi connectivity index (χ0v) is 75.2. The predicted octanol–water partition coefficient (Wildman–Crippen LogP) is 31.9. The Morgan fingerprint density at radius 3 is 0.711 bits per heavy atom. The average molecular weight is 1850 g/mol. The van der Waals surface area contributed by atoms with Gasteiger partial charge in [-0.2, -0.15) is 0 Å². The quantitative estimate of drug-likeness (QED) is 0.0147. The number of terminal acetylenes is 2. The Labute approximate surface area is 737 Å². The standard InChI is InChI=1S/C56H48O4S9.C22H23BrO2S3.C12H4S3.2CH4/c1-3-49(57)59-29-21-17-13-9-5-7-11-15-19-23-37-31-43-51(61-37)53-45(67-43)33-39(63-53)25-27-41-35-47-55(65-41)56-48(69-47)36-42(66-56)28-26-40-34-46-54(64-40)52-44(68-46)32-38(62-52)24-20-16-12-8-6-10-14-18-22-30-60-50(58)4-2;1-2-20(24)25-13-11-9-7-5-3-4-6-8-10-12-16-14-17-21(26-16)22-18(27-17)15-19(23)28-22;1-3-7-5-9-11(13-7)12-10(15-9)6-8(4-2)14-12;;/h3-4,31-36H,1-2,5-18,21-22,29-30H2;2,14-15H,1,3-9,11,13H2;1-2,5-6H;2*1H4. The van der Waals surface area contributed by atoms with Crippen molar-refractivity contribution in [3.05, 3.63) is 146 Å². The molecular formula is C92H83BrO6S15. The minimum atomic E-state index is -0.333. The summed E-state index contributed by atoms with van der Waals surface area (Å²) in [7, 11) is 0. The van der Waals surface area contributed by atoms with Crippen molar-refractivity contribution in [1.82, 2.24) is 0 Å². The minimum absolute atomic E-state index is 0. The predicted molar refractivity (Wildman–Crippen MR) is 519 cm³/mol. The first-order valence-electron chi connectivity index (χ1n) is 37.2. The van der Waals surface area contributed by atoms with Crippen molar-refractivity contribution in [2.45, 2.75) is 169 Å². The molecule has 0 atom stereocenters. The molecule has 584 valence electrons. The van der Waals surface area contributed by atoms with E-state index in [9.17, 15) is 14.4 Å². The van der Waals surface area contributed by atoms with Gasteiger partial charge in [0.15, 0.2) is 0 Å². The number of esters is 3. The summed E-state index contributed by atoms with van der Waals surface area (Å²) < 4.78 is 42.7. The molecule has 15 aromatic heterocycles. The van der Waals surface area contributed by atoms with Gasteiger partial charge in [-0.1, -0.05) is 178 Å². The Kier molecular flexibility index (Phi) is 34.4. The Morgan fingerprint density at radius 1 is 0.281 bits per heavy atom. The summed E-state index contributed by atoms with van der Waals surface area (Å²) in [5.74, 6) is 38.7. The number of halogens is 1. The van der Waals surface area contributed by atoms with E-state index in [-0.39, 0.29) is 32.8 Å². The van der Waals surface area contributed by atoms with Gasteiger partial charge in [0.25, 0.3) is 0 Å². The second-order valence-electron chi connectivity index (χ2n) is 26.0. The fourth-order valence-electron chi connectivity index (χ4n) is 12.2. The summed E-state index contributed by atoms with van der Waals surface area (Å²) >= 11 is 30.5. The third-order valence-corrected chi connectivity index (χ3v) is 36.3. The number of thiophene rings is 15. The molecule has 0 bridgehead atoms. The SMILES string of the molecule is C.C.C#Cc1cc2sc3cc(C#C)sc3c2s1.C=CC(=O)OCCCCCCCCCC#Cc1cc2sc3cc(Br)sc3c2s1.C=CC(=O)OCCCCCCCCCC#Cc1cc2sc3cc(C#Cc4cc5sc6cc(C#Cc7cc8sc9cc(C#CCCCCCCCCCOC(=O)C=C)sc9c8s7)sc6c5s4)sc3c2s1. The maximum Gasteiger partial charge on any atom is 0.330 e. The van der Waals surface area contributed by atoms with E-state index >= 15 is 0 Å². The normalized spacial score (nSPS) is 10.8. The Balaban J connectivity index is 0.000000231. The number of fused-ring (bicyclic) bond motifs is 15. The smallest absolute Gasteiger partial charge is 0.330 e. The molecular weight excluding hydrogens is 1760 g/mol. The molecule has 6 nitrogen and oxygen atoms in total. The summed E-state index contributed by atoms with van der Waals surface area (Å²) in [5, 5.41) is 0. The fraction of sp³-hybridized carbons (Fsp3) is 0.315. The number of rotatable bonds is 30. The van der Waals surface area contributed by atoms with E-state index in [4.69, 9.17) is 27.1 Å². The van der Waals surface area contributed by atoms with Crippen molar-refractivity contribution >= 4 is 298 Å². The molecule has 0 aliphatic carbocycles. The van der Waals surface area contributed by atoms with Crippen LogP contribution in [0, 0.1) is 83.9 Å². The first-order valence-corrected chi connectivity index (χ1v) is 50.2. The van der Waals surface area contributed by atoms with Gasteiger partial charge in [0.2, 0.25) is 0 Å². The lowest BCUT2D eigenvalue weighted by molar-refractivity contribution is -0.138. The van der Waals surface area contributed by atoms with Gasteiger partial charge in [0.05, 0.1) is 115 Å². The maximum atomic E-state index is 11.1. The van der Waals surface area contributed by atoms with Crippen molar-refractivity contribution in [2.75, 3.05) is 19.8 Å². The van der Waals surface area contributed by atoms with Crippen molar-refractivity contribution in [3.63, 3.8) is 0 Å². The number of carbonyl (C=O) groups is 3. The lowest BCUT2D eigenvalue weighted by Gasteiger charge is -2.02. The van der Waals surface area contributed by atoms with Crippen molar-refractivity contribution < 1.29 is 28.6 Å². The van der Waals surface area contributed by atoms with E-state index < -0.39 is 0 Å². The molecule has 0 amide bonds. The molecule has 0 aromatic carbocycles. The molecule has 0 unspecified atom stereocenters. The first kappa shape index (κ1) is 88.0. The summed E-state index contributed by atoms with van der Waals surface area (Å²) in [6.45, 7) is 11.7. The molecule has 15 heterocycles. The fourth-order valence-corrected chi connectivity index (χ4v) is 31.6. The van der Waals surface area contributed by atoms with Crippen LogP contribution in [0.15, 0.2) is 102 Å². The van der Waals surface area contributed by atoms with Gasteiger partial charge < -0.3 is 14.2 Å². The Hall–Kier alpha value is -6.87. The first-order chi connectivity index (χ1) is 54.9. The lowest BCUT2D eigenvalue weighted by atomic mass is 10.1. The zero-order chi connectivity index (χ0) is 77.6. The van der Waals surface area contributed by atoms with Crippen molar-refractivity contribution in [1.29, 1.82) is 0 Å². The summed E-state index contributed by atoms with van der Waals surface area (Å²) in [4.78, 5) is 43.0. The van der Waals surface area contributed by atoms with Crippen LogP contribution in [0.25, 0.3) is 94.0 Å². The van der Waals surface area contributed by atoms with Crippen LogP contribution in [0.3, 0.4) is 0 Å². The Bertz CT molecular complexity index is 6020. The van der Waals surface area contributed by atoms with Gasteiger partial charge >= 0.3 is 17.9 Å². The van der Waals surface area contributed by atoms with Gasteiger partial charge in [0, 0.05) is 84.5 Å². The van der Waals surface area contributed by atoms with E-state index in [0.29, 0.717) is 19.8 Å². The number of ether oxygens (including phenoxy) is 3. The topological polar surface area (TPSA) is 78.9 Å². The lowest BCUT2D eigenvalue weighted by Crippen LogP contribution is -2.01. The second-order valence-corrected chi connectivity index (χ2v) is 43.3. The Morgan fingerprint density at radius 2 is 0.474 bits per heavy atom. The van der Waals surface area contributed by atoms with Crippen LogP contribution in [0.2, 0.25) is 0 Å². The zero-order valence-electron chi connectivity index (χ0n) is 61.3. The van der Waals surface area contributed by atoms with Crippen LogP contribution in [0.5, 0.6) is 0 Å². The van der Waals surface area contributed by atoms with E-state index in [1.807, 2.05) is 90.7 Å². The van der Waals surface area contributed by atoms with Crippen LogP contribution >= 0.6 is 186 Å². The number of hydrogen-bond acceptors (Lipinski definition) is 21. The van der Waals surface area contributed by atoms with Crippen LogP contribution in [-0.4, -0.2) is 37.7 Å². The molecule has 0 aliphatic heterocycles.